The molecule has 0 fully saturated rings. The first-order valence-electron chi connectivity index (χ1n) is 7.73. The number of methoxy groups -OCH3 is 1. The number of carbonyl (C=O) groups excluding carboxylic acids is 1. The van der Waals surface area contributed by atoms with Gasteiger partial charge in [-0.2, -0.15) is 0 Å². The zero-order valence-corrected chi connectivity index (χ0v) is 13.9. The molecule has 4 nitrogen and oxygen atoms in total. The zero-order valence-electron chi connectivity index (χ0n) is 13.9. The molecule has 1 amide bonds. The fourth-order valence-electron chi connectivity index (χ4n) is 2.27. The smallest absolute Gasteiger partial charge is 0.224 e. The predicted molar refractivity (Wildman–Crippen MR) is 92.3 cm³/mol. The van der Waals surface area contributed by atoms with Crippen LogP contribution in [0.4, 0.5) is 5.69 Å². The van der Waals surface area contributed by atoms with Crippen molar-refractivity contribution < 1.29 is 14.3 Å². The standard InChI is InChI=1S/C19H23NO3/c1-14-10-11-18(22-3)16(13-14)20-19(21)9-6-12-23-17-8-5-4-7-15(17)2/h4-5,7-8,10-11,13H,6,9,12H2,1-3H3,(H,20,21). The quantitative estimate of drug-likeness (QED) is 0.783. The maximum Gasteiger partial charge on any atom is 0.224 e. The Hall–Kier alpha value is -2.49. The van der Waals surface area contributed by atoms with E-state index in [4.69, 9.17) is 9.47 Å². The highest BCUT2D eigenvalue weighted by Gasteiger charge is 2.08. The van der Waals surface area contributed by atoms with E-state index in [0.717, 1.165) is 16.9 Å². The van der Waals surface area contributed by atoms with E-state index in [1.807, 2.05) is 56.3 Å². The lowest BCUT2D eigenvalue weighted by Crippen LogP contribution is -2.13. The molecule has 0 saturated heterocycles. The summed E-state index contributed by atoms with van der Waals surface area (Å²) in [5.41, 5.74) is 2.88. The molecule has 23 heavy (non-hydrogen) atoms. The molecule has 0 aliphatic rings. The van der Waals surface area contributed by atoms with Crippen LogP contribution in [-0.4, -0.2) is 19.6 Å². The number of aryl methyl sites for hydroxylation is 2. The molecule has 0 heterocycles. The van der Waals surface area contributed by atoms with E-state index in [1.54, 1.807) is 7.11 Å². The minimum atomic E-state index is -0.0396. The van der Waals surface area contributed by atoms with Crippen LogP contribution in [0.1, 0.15) is 24.0 Å². The van der Waals surface area contributed by atoms with Gasteiger partial charge in [0.05, 0.1) is 19.4 Å². The number of nitrogens with one attached hydrogen (secondary N) is 1. The molecule has 0 unspecified atom stereocenters. The van der Waals surface area contributed by atoms with Gasteiger partial charge in [-0.3, -0.25) is 4.79 Å². The Kier molecular flexibility index (Phi) is 6.03. The van der Waals surface area contributed by atoms with Crippen LogP contribution in [0.5, 0.6) is 11.5 Å². The average molecular weight is 313 g/mol. The summed E-state index contributed by atoms with van der Waals surface area (Å²) in [5, 5.41) is 2.89. The van der Waals surface area contributed by atoms with Crippen molar-refractivity contribution >= 4 is 11.6 Å². The molecule has 0 saturated carbocycles. The van der Waals surface area contributed by atoms with E-state index in [0.29, 0.717) is 30.9 Å². The molecule has 0 radical (unpaired) electrons. The summed E-state index contributed by atoms with van der Waals surface area (Å²) in [5.74, 6) is 1.50. The van der Waals surface area contributed by atoms with Crippen LogP contribution in [0, 0.1) is 13.8 Å². The first kappa shape index (κ1) is 16.9. The predicted octanol–water partition coefficient (Wildman–Crippen LogP) is 4.11. The molecule has 2 aromatic carbocycles. The monoisotopic (exact) mass is 313 g/mol. The first-order valence-corrected chi connectivity index (χ1v) is 7.73. The first-order chi connectivity index (χ1) is 11.1. The van der Waals surface area contributed by atoms with Crippen molar-refractivity contribution in [1.82, 2.24) is 0 Å². The van der Waals surface area contributed by atoms with Crippen LogP contribution in [0.2, 0.25) is 0 Å². The zero-order chi connectivity index (χ0) is 16.7. The fraction of sp³-hybridized carbons (Fsp3) is 0.316. The maximum absolute atomic E-state index is 12.0. The number of anilines is 1. The van der Waals surface area contributed by atoms with Crippen LogP contribution < -0.4 is 14.8 Å². The second kappa shape index (κ2) is 8.22. The second-order valence-electron chi connectivity index (χ2n) is 5.47. The molecule has 0 bridgehead atoms. The van der Waals surface area contributed by atoms with Crippen molar-refractivity contribution in [2.24, 2.45) is 0 Å². The Bertz CT molecular complexity index is 667. The van der Waals surface area contributed by atoms with Crippen molar-refractivity contribution in [3.63, 3.8) is 0 Å². The largest absolute Gasteiger partial charge is 0.495 e. The molecule has 0 aliphatic heterocycles. The second-order valence-corrected chi connectivity index (χ2v) is 5.47. The number of para-hydroxylation sites is 1. The lowest BCUT2D eigenvalue weighted by atomic mass is 10.2. The third-order valence-electron chi connectivity index (χ3n) is 3.53. The number of carbonyl (C=O) groups is 1. The van der Waals surface area contributed by atoms with Crippen LogP contribution >= 0.6 is 0 Å². The lowest BCUT2D eigenvalue weighted by molar-refractivity contribution is -0.116. The number of hydrogen-bond acceptors (Lipinski definition) is 3. The van der Waals surface area contributed by atoms with Gasteiger partial charge in [0, 0.05) is 6.42 Å². The van der Waals surface area contributed by atoms with E-state index in [2.05, 4.69) is 5.32 Å². The topological polar surface area (TPSA) is 47.6 Å². The third kappa shape index (κ3) is 5.02. The summed E-state index contributed by atoms with van der Waals surface area (Å²) in [6, 6.07) is 13.6. The lowest BCUT2D eigenvalue weighted by Gasteiger charge is -2.11. The number of benzene rings is 2. The summed E-state index contributed by atoms with van der Waals surface area (Å²) >= 11 is 0. The van der Waals surface area contributed by atoms with Crippen molar-refractivity contribution in [2.75, 3.05) is 19.0 Å². The highest BCUT2D eigenvalue weighted by atomic mass is 16.5. The molecule has 1 N–H and O–H groups in total. The van der Waals surface area contributed by atoms with Gasteiger partial charge in [-0.25, -0.2) is 0 Å². The van der Waals surface area contributed by atoms with Gasteiger partial charge in [-0.1, -0.05) is 24.3 Å². The summed E-state index contributed by atoms with van der Waals surface area (Å²) in [7, 11) is 1.59. The molecule has 0 aromatic heterocycles. The Labute approximate surface area is 137 Å². The highest BCUT2D eigenvalue weighted by Crippen LogP contribution is 2.25. The van der Waals surface area contributed by atoms with E-state index < -0.39 is 0 Å². The molecule has 2 aromatic rings. The van der Waals surface area contributed by atoms with Gasteiger partial charge < -0.3 is 14.8 Å². The minimum absolute atomic E-state index is 0.0396. The Morgan fingerprint density at radius 3 is 2.61 bits per heavy atom. The van der Waals surface area contributed by atoms with Crippen molar-refractivity contribution in [1.29, 1.82) is 0 Å². The molecule has 0 spiro atoms. The van der Waals surface area contributed by atoms with E-state index in [-0.39, 0.29) is 5.91 Å². The summed E-state index contributed by atoms with van der Waals surface area (Å²) < 4.78 is 11.0. The van der Waals surface area contributed by atoms with E-state index in [1.165, 1.54) is 0 Å². The van der Waals surface area contributed by atoms with E-state index >= 15 is 0 Å². The van der Waals surface area contributed by atoms with E-state index in [9.17, 15) is 4.79 Å². The third-order valence-corrected chi connectivity index (χ3v) is 3.53. The Morgan fingerprint density at radius 1 is 1.09 bits per heavy atom. The van der Waals surface area contributed by atoms with Gasteiger partial charge in [-0.15, -0.1) is 0 Å². The van der Waals surface area contributed by atoms with Gasteiger partial charge in [0.15, 0.2) is 0 Å². The molecule has 0 atom stereocenters. The fourth-order valence-corrected chi connectivity index (χ4v) is 2.27. The molecule has 122 valence electrons. The van der Waals surface area contributed by atoms with Crippen LogP contribution in [-0.2, 0) is 4.79 Å². The van der Waals surface area contributed by atoms with Gasteiger partial charge >= 0.3 is 0 Å². The van der Waals surface area contributed by atoms with Gasteiger partial charge in [0.25, 0.3) is 0 Å². The van der Waals surface area contributed by atoms with Gasteiger partial charge in [0.2, 0.25) is 5.91 Å². The van der Waals surface area contributed by atoms with Crippen LogP contribution in [0.3, 0.4) is 0 Å². The molecular formula is C19H23NO3. The van der Waals surface area contributed by atoms with Gasteiger partial charge in [-0.05, 0) is 49.6 Å². The summed E-state index contributed by atoms with van der Waals surface area (Å²) in [6.07, 6.45) is 1.07. The molecule has 0 aliphatic carbocycles. The number of ether oxygens (including phenoxy) is 2. The Morgan fingerprint density at radius 2 is 1.87 bits per heavy atom. The summed E-state index contributed by atoms with van der Waals surface area (Å²) in [6.45, 7) is 4.50. The van der Waals surface area contributed by atoms with Crippen LogP contribution in [0.25, 0.3) is 0 Å². The number of rotatable bonds is 7. The number of hydrogen-bond donors (Lipinski definition) is 1. The molecule has 2 rings (SSSR count). The normalized spacial score (nSPS) is 10.2. The van der Waals surface area contributed by atoms with Gasteiger partial charge in [0.1, 0.15) is 11.5 Å². The van der Waals surface area contributed by atoms with Crippen LogP contribution in [0.15, 0.2) is 42.5 Å². The maximum atomic E-state index is 12.0. The van der Waals surface area contributed by atoms with Crippen molar-refractivity contribution in [3.8, 4) is 11.5 Å². The highest BCUT2D eigenvalue weighted by molar-refractivity contribution is 5.92. The molecular weight excluding hydrogens is 290 g/mol. The van der Waals surface area contributed by atoms with Crippen molar-refractivity contribution in [2.45, 2.75) is 26.7 Å². The summed E-state index contributed by atoms with van der Waals surface area (Å²) in [4.78, 5) is 12.0. The Balaban J connectivity index is 1.80. The molecule has 4 heteroatoms. The van der Waals surface area contributed by atoms with Crippen molar-refractivity contribution in [3.05, 3.63) is 53.6 Å². The number of amides is 1. The SMILES string of the molecule is COc1ccc(C)cc1NC(=O)CCCOc1ccccc1C. The minimum Gasteiger partial charge on any atom is -0.495 e. The average Bonchev–Trinajstić information content (AvgIpc) is 2.53.